The van der Waals surface area contributed by atoms with Crippen molar-refractivity contribution in [2.45, 2.75) is 18.9 Å². The Balaban J connectivity index is 2.38. The molecule has 0 amide bonds. The highest BCUT2D eigenvalue weighted by atomic mass is 16.5. The van der Waals surface area contributed by atoms with Crippen LogP contribution in [0.15, 0.2) is 24.0 Å². The molecule has 1 aliphatic rings. The number of ether oxygens (including phenoxy) is 4. The number of rotatable bonds is 5. The van der Waals surface area contributed by atoms with E-state index in [1.165, 1.54) is 0 Å². The van der Waals surface area contributed by atoms with E-state index in [1.807, 2.05) is 18.2 Å². The average Bonchev–Trinajstić information content (AvgIpc) is 2.53. The Morgan fingerprint density at radius 1 is 1.10 bits per heavy atom. The molecule has 1 aromatic rings. The molecule has 1 heterocycles. The molecule has 0 fully saturated rings. The van der Waals surface area contributed by atoms with E-state index in [4.69, 9.17) is 24.7 Å². The summed E-state index contributed by atoms with van der Waals surface area (Å²) < 4.78 is 21.6. The lowest BCUT2D eigenvalue weighted by atomic mass is 10.0. The molecule has 0 aromatic heterocycles. The Kier molecular flexibility index (Phi) is 4.74. The van der Waals surface area contributed by atoms with E-state index < -0.39 is 0 Å². The third-order valence-corrected chi connectivity index (χ3v) is 3.32. The maximum Gasteiger partial charge on any atom is 0.203 e. The van der Waals surface area contributed by atoms with E-state index in [9.17, 15) is 0 Å². The number of hydrogen-bond acceptors (Lipinski definition) is 5. The summed E-state index contributed by atoms with van der Waals surface area (Å²) in [5.41, 5.74) is 7.13. The Morgan fingerprint density at radius 3 is 2.20 bits per heavy atom. The largest absolute Gasteiger partial charge is 0.496 e. The molecule has 1 aromatic carbocycles. The van der Waals surface area contributed by atoms with Crippen molar-refractivity contribution >= 4 is 0 Å². The fourth-order valence-corrected chi connectivity index (χ4v) is 2.24. The summed E-state index contributed by atoms with van der Waals surface area (Å²) in [5, 5.41) is 0. The van der Waals surface area contributed by atoms with Crippen LogP contribution in [0.2, 0.25) is 0 Å². The van der Waals surface area contributed by atoms with Crippen molar-refractivity contribution in [2.75, 3.05) is 27.9 Å². The van der Waals surface area contributed by atoms with Crippen molar-refractivity contribution in [1.29, 1.82) is 0 Å². The molecule has 0 saturated heterocycles. The van der Waals surface area contributed by atoms with Crippen molar-refractivity contribution in [1.82, 2.24) is 0 Å². The van der Waals surface area contributed by atoms with Crippen LogP contribution in [0, 0.1) is 0 Å². The topological polar surface area (TPSA) is 62.9 Å². The molecule has 2 rings (SSSR count). The summed E-state index contributed by atoms with van der Waals surface area (Å²) in [6.07, 6.45) is 4.07. The van der Waals surface area contributed by atoms with E-state index in [1.54, 1.807) is 21.3 Å². The molecule has 5 nitrogen and oxygen atoms in total. The molecule has 0 spiro atoms. The summed E-state index contributed by atoms with van der Waals surface area (Å²) in [6.45, 7) is 0.712. The van der Waals surface area contributed by atoms with Crippen molar-refractivity contribution in [3.8, 4) is 17.2 Å². The summed E-state index contributed by atoms with van der Waals surface area (Å²) in [5.74, 6) is 2.54. The predicted octanol–water partition coefficient (Wildman–Crippen LogP) is 2.41. The fraction of sp³-hybridized carbons (Fsp3) is 0.467. The van der Waals surface area contributed by atoms with Gasteiger partial charge in [-0.3, -0.25) is 0 Å². The predicted molar refractivity (Wildman–Crippen MR) is 76.3 cm³/mol. The Bertz CT molecular complexity index is 474. The minimum Gasteiger partial charge on any atom is -0.496 e. The zero-order valence-electron chi connectivity index (χ0n) is 12.1. The van der Waals surface area contributed by atoms with E-state index in [0.29, 0.717) is 23.9 Å². The molecule has 1 unspecified atom stereocenters. The van der Waals surface area contributed by atoms with Gasteiger partial charge in [-0.1, -0.05) is 0 Å². The standard InChI is InChI=1S/C15H21NO4/c1-17-12-8-10(9-13(18-2)15(12)19-3)14(16)11-6-4-5-7-20-11/h6,8-9,14H,4-5,7,16H2,1-3H3. The SMILES string of the molecule is COc1cc(C(N)C2=CCCCO2)cc(OC)c1OC. The third-order valence-electron chi connectivity index (χ3n) is 3.32. The Labute approximate surface area is 119 Å². The normalized spacial score (nSPS) is 15.9. The van der Waals surface area contributed by atoms with E-state index in [2.05, 4.69) is 0 Å². The van der Waals surface area contributed by atoms with Crippen molar-refractivity contribution in [3.05, 3.63) is 29.5 Å². The second-order valence-electron chi connectivity index (χ2n) is 4.53. The highest BCUT2D eigenvalue weighted by Gasteiger charge is 2.20. The molecule has 110 valence electrons. The van der Waals surface area contributed by atoms with E-state index >= 15 is 0 Å². The first-order valence-corrected chi connectivity index (χ1v) is 6.59. The lowest BCUT2D eigenvalue weighted by molar-refractivity contribution is 0.175. The van der Waals surface area contributed by atoms with Gasteiger partial charge in [0.05, 0.1) is 34.0 Å². The number of nitrogens with two attached hydrogens (primary N) is 1. The van der Waals surface area contributed by atoms with Gasteiger partial charge >= 0.3 is 0 Å². The first-order chi connectivity index (χ1) is 9.71. The van der Waals surface area contributed by atoms with Crippen LogP contribution in [-0.2, 0) is 4.74 Å². The van der Waals surface area contributed by atoms with Crippen LogP contribution in [0.25, 0.3) is 0 Å². The zero-order chi connectivity index (χ0) is 14.5. The van der Waals surface area contributed by atoms with Crippen molar-refractivity contribution < 1.29 is 18.9 Å². The van der Waals surface area contributed by atoms with Crippen LogP contribution in [0.4, 0.5) is 0 Å². The Morgan fingerprint density at radius 2 is 1.75 bits per heavy atom. The number of allylic oxidation sites excluding steroid dienone is 1. The minimum absolute atomic E-state index is 0.330. The number of methoxy groups -OCH3 is 3. The molecular formula is C15H21NO4. The van der Waals surface area contributed by atoms with E-state index in [-0.39, 0.29) is 6.04 Å². The second kappa shape index (κ2) is 6.52. The average molecular weight is 279 g/mol. The molecule has 1 atom stereocenters. The van der Waals surface area contributed by atoms with Crippen LogP contribution < -0.4 is 19.9 Å². The summed E-state index contributed by atoms with van der Waals surface area (Å²) in [4.78, 5) is 0. The monoisotopic (exact) mass is 279 g/mol. The van der Waals surface area contributed by atoms with Gasteiger partial charge in [0.15, 0.2) is 11.5 Å². The van der Waals surface area contributed by atoms with Gasteiger partial charge in [0.25, 0.3) is 0 Å². The first-order valence-electron chi connectivity index (χ1n) is 6.59. The van der Waals surface area contributed by atoms with Crippen molar-refractivity contribution in [2.24, 2.45) is 5.73 Å². The van der Waals surface area contributed by atoms with Crippen LogP contribution >= 0.6 is 0 Å². The molecule has 20 heavy (non-hydrogen) atoms. The molecular weight excluding hydrogens is 258 g/mol. The highest BCUT2D eigenvalue weighted by molar-refractivity contribution is 5.55. The fourth-order valence-electron chi connectivity index (χ4n) is 2.24. The summed E-state index contributed by atoms with van der Waals surface area (Å²) in [7, 11) is 4.75. The number of benzene rings is 1. The van der Waals surface area contributed by atoms with Crippen LogP contribution in [0.5, 0.6) is 17.2 Å². The van der Waals surface area contributed by atoms with Gasteiger partial charge in [-0.05, 0) is 36.6 Å². The van der Waals surface area contributed by atoms with Gasteiger partial charge < -0.3 is 24.7 Å². The molecule has 5 heteroatoms. The van der Waals surface area contributed by atoms with Gasteiger partial charge in [-0.15, -0.1) is 0 Å². The quantitative estimate of drug-likeness (QED) is 0.896. The second-order valence-corrected chi connectivity index (χ2v) is 4.53. The molecule has 2 N–H and O–H groups in total. The molecule has 0 radical (unpaired) electrons. The molecule has 0 saturated carbocycles. The smallest absolute Gasteiger partial charge is 0.203 e. The van der Waals surface area contributed by atoms with Gasteiger partial charge in [-0.25, -0.2) is 0 Å². The summed E-state index contributed by atoms with van der Waals surface area (Å²) >= 11 is 0. The van der Waals surface area contributed by atoms with Crippen LogP contribution in [-0.4, -0.2) is 27.9 Å². The maximum atomic E-state index is 6.26. The van der Waals surface area contributed by atoms with Gasteiger partial charge in [0, 0.05) is 0 Å². The van der Waals surface area contributed by atoms with Crippen LogP contribution in [0.3, 0.4) is 0 Å². The summed E-state index contributed by atoms with van der Waals surface area (Å²) in [6, 6.07) is 3.37. The Hall–Kier alpha value is -1.88. The first kappa shape index (κ1) is 14.5. The zero-order valence-corrected chi connectivity index (χ0v) is 12.1. The highest BCUT2D eigenvalue weighted by Crippen LogP contribution is 2.40. The third kappa shape index (κ3) is 2.82. The van der Waals surface area contributed by atoms with Crippen molar-refractivity contribution in [3.63, 3.8) is 0 Å². The lowest BCUT2D eigenvalue weighted by Crippen LogP contribution is -2.18. The van der Waals surface area contributed by atoms with Gasteiger partial charge in [0.1, 0.15) is 5.76 Å². The van der Waals surface area contributed by atoms with Crippen LogP contribution in [0.1, 0.15) is 24.4 Å². The molecule has 0 bridgehead atoms. The van der Waals surface area contributed by atoms with E-state index in [0.717, 1.165) is 24.2 Å². The lowest BCUT2D eigenvalue weighted by Gasteiger charge is -2.22. The van der Waals surface area contributed by atoms with Gasteiger partial charge in [-0.2, -0.15) is 0 Å². The number of hydrogen-bond donors (Lipinski definition) is 1. The van der Waals surface area contributed by atoms with Gasteiger partial charge in [0.2, 0.25) is 5.75 Å². The molecule has 1 aliphatic heterocycles. The molecule has 0 aliphatic carbocycles. The maximum absolute atomic E-state index is 6.26. The minimum atomic E-state index is -0.330.